The minimum Gasteiger partial charge on any atom is -0.469 e. The van der Waals surface area contributed by atoms with Crippen molar-refractivity contribution in [2.24, 2.45) is 5.92 Å². The van der Waals surface area contributed by atoms with E-state index >= 15 is 0 Å². The number of anilines is 1. The summed E-state index contributed by atoms with van der Waals surface area (Å²) in [4.78, 5) is 27.4. The van der Waals surface area contributed by atoms with Crippen molar-refractivity contribution in [1.29, 1.82) is 0 Å². The van der Waals surface area contributed by atoms with Crippen LogP contribution in [0.3, 0.4) is 0 Å². The van der Waals surface area contributed by atoms with E-state index in [1.54, 1.807) is 11.8 Å². The molecule has 2 aromatic rings. The van der Waals surface area contributed by atoms with E-state index in [1.165, 1.54) is 12.0 Å². The molecule has 2 N–H and O–H groups in total. The van der Waals surface area contributed by atoms with Crippen LogP contribution in [0.1, 0.15) is 12.8 Å². The zero-order chi connectivity index (χ0) is 19.9. The summed E-state index contributed by atoms with van der Waals surface area (Å²) in [6, 6.07) is 15.4. The first-order chi connectivity index (χ1) is 13.5. The first-order valence-electron chi connectivity index (χ1n) is 9.29. The van der Waals surface area contributed by atoms with Crippen LogP contribution in [0.4, 0.5) is 5.69 Å². The van der Waals surface area contributed by atoms with Crippen LogP contribution in [0.15, 0.2) is 58.3 Å². The first kappa shape index (κ1) is 20.7. The summed E-state index contributed by atoms with van der Waals surface area (Å²) in [5.74, 6) is -0.194. The topological polar surface area (TPSA) is 59.8 Å². The Morgan fingerprint density at radius 2 is 1.82 bits per heavy atom. The molecule has 1 aliphatic rings. The molecule has 28 heavy (non-hydrogen) atoms. The Bertz CT molecular complexity index is 821. The highest BCUT2D eigenvalue weighted by atomic mass is 35.5. The largest absolute Gasteiger partial charge is 0.469 e. The molecule has 1 saturated heterocycles. The average Bonchev–Trinajstić information content (AvgIpc) is 2.71. The van der Waals surface area contributed by atoms with Gasteiger partial charge in [-0.25, -0.2) is 0 Å². The highest BCUT2D eigenvalue weighted by Gasteiger charge is 2.29. The molecule has 2 aromatic carbocycles. The molecule has 1 heterocycles. The molecule has 1 fully saturated rings. The molecule has 0 aromatic heterocycles. The summed E-state index contributed by atoms with van der Waals surface area (Å²) in [7, 11) is 1.43. The van der Waals surface area contributed by atoms with Crippen LogP contribution in [0.2, 0.25) is 5.02 Å². The molecule has 0 radical (unpaired) electrons. The number of benzene rings is 2. The van der Waals surface area contributed by atoms with Gasteiger partial charge in [0.25, 0.3) is 5.91 Å². The number of hydrogen-bond donors (Lipinski definition) is 2. The van der Waals surface area contributed by atoms with Crippen LogP contribution in [-0.2, 0) is 14.3 Å². The number of carbonyl (C=O) groups excluding carboxylic acids is 2. The minimum atomic E-state index is -0.142. The van der Waals surface area contributed by atoms with Gasteiger partial charge in [0.05, 0.1) is 31.8 Å². The Hall–Kier alpha value is -2.02. The second-order valence-corrected chi connectivity index (χ2v) is 8.38. The standard InChI is InChI=1S/C21H23ClN2O3S/c1-27-21(26)15-10-12-24(13-11-15)14-20(25)23-18-4-2-3-5-19(18)28-17-8-6-16(22)7-9-17/h2-9,15H,10-14H2,1H3,(H,23,25)/p+1. The fourth-order valence-corrected chi connectivity index (χ4v) is 4.34. The maximum absolute atomic E-state index is 12.6. The first-order valence-corrected chi connectivity index (χ1v) is 10.5. The van der Waals surface area contributed by atoms with Crippen molar-refractivity contribution in [2.75, 3.05) is 32.1 Å². The quantitative estimate of drug-likeness (QED) is 0.707. The Morgan fingerprint density at radius 1 is 1.14 bits per heavy atom. The molecule has 0 aliphatic carbocycles. The normalized spacial score (nSPS) is 19.1. The van der Waals surface area contributed by atoms with Gasteiger partial charge < -0.3 is 15.0 Å². The van der Waals surface area contributed by atoms with E-state index in [4.69, 9.17) is 16.3 Å². The van der Waals surface area contributed by atoms with Crippen LogP contribution in [0.5, 0.6) is 0 Å². The van der Waals surface area contributed by atoms with Crippen molar-refractivity contribution < 1.29 is 19.2 Å². The van der Waals surface area contributed by atoms with E-state index in [0.29, 0.717) is 11.6 Å². The number of rotatable bonds is 6. The van der Waals surface area contributed by atoms with E-state index in [0.717, 1.165) is 41.4 Å². The molecule has 148 valence electrons. The van der Waals surface area contributed by atoms with Gasteiger partial charge in [0, 0.05) is 27.7 Å². The third kappa shape index (κ3) is 5.74. The van der Waals surface area contributed by atoms with Gasteiger partial charge in [0.1, 0.15) is 0 Å². The molecular weight excluding hydrogens is 396 g/mol. The van der Waals surface area contributed by atoms with Crippen molar-refractivity contribution in [2.45, 2.75) is 22.6 Å². The van der Waals surface area contributed by atoms with Crippen molar-refractivity contribution >= 4 is 40.9 Å². The Labute approximate surface area is 174 Å². The molecule has 1 aliphatic heterocycles. The van der Waals surface area contributed by atoms with Gasteiger partial charge in [0.15, 0.2) is 6.54 Å². The van der Waals surface area contributed by atoms with E-state index in [1.807, 2.05) is 48.5 Å². The number of para-hydroxylation sites is 1. The Morgan fingerprint density at radius 3 is 2.50 bits per heavy atom. The van der Waals surface area contributed by atoms with Gasteiger partial charge in [0.2, 0.25) is 0 Å². The van der Waals surface area contributed by atoms with Crippen molar-refractivity contribution in [3.63, 3.8) is 0 Å². The van der Waals surface area contributed by atoms with Gasteiger partial charge in [-0.15, -0.1) is 0 Å². The molecule has 1 amide bonds. The smallest absolute Gasteiger partial charge is 0.309 e. The number of esters is 1. The molecule has 7 heteroatoms. The Balaban J connectivity index is 1.56. The van der Waals surface area contributed by atoms with Gasteiger partial charge in [-0.1, -0.05) is 35.5 Å². The molecule has 5 nitrogen and oxygen atoms in total. The zero-order valence-electron chi connectivity index (χ0n) is 15.7. The molecular formula is C21H24ClN2O3S+. The lowest BCUT2D eigenvalue weighted by Gasteiger charge is -2.27. The predicted octanol–water partition coefficient (Wildman–Crippen LogP) is 2.90. The van der Waals surface area contributed by atoms with E-state index in [9.17, 15) is 9.59 Å². The van der Waals surface area contributed by atoms with E-state index in [2.05, 4.69) is 5.32 Å². The number of hydrogen-bond acceptors (Lipinski definition) is 4. The van der Waals surface area contributed by atoms with E-state index < -0.39 is 0 Å². The number of ether oxygens (including phenoxy) is 1. The van der Waals surface area contributed by atoms with Crippen LogP contribution in [0, 0.1) is 5.92 Å². The summed E-state index contributed by atoms with van der Waals surface area (Å²) in [5, 5.41) is 3.74. The predicted molar refractivity (Wildman–Crippen MR) is 111 cm³/mol. The lowest BCUT2D eigenvalue weighted by atomic mass is 9.97. The van der Waals surface area contributed by atoms with Crippen LogP contribution >= 0.6 is 23.4 Å². The van der Waals surface area contributed by atoms with Gasteiger partial charge >= 0.3 is 5.97 Å². The van der Waals surface area contributed by atoms with Gasteiger partial charge in [-0.05, 0) is 36.4 Å². The van der Waals surface area contributed by atoms with Crippen molar-refractivity contribution in [3.8, 4) is 0 Å². The number of nitrogens with one attached hydrogen (secondary N) is 2. The Kier molecular flexibility index (Phi) is 7.36. The number of likely N-dealkylation sites (tertiary alicyclic amines) is 1. The summed E-state index contributed by atoms with van der Waals surface area (Å²) >= 11 is 7.53. The molecule has 0 unspecified atom stereocenters. The van der Waals surface area contributed by atoms with Crippen molar-refractivity contribution in [3.05, 3.63) is 53.6 Å². The van der Waals surface area contributed by atoms with Crippen LogP contribution < -0.4 is 10.2 Å². The molecule has 0 atom stereocenters. The van der Waals surface area contributed by atoms with Crippen LogP contribution in [-0.4, -0.2) is 38.6 Å². The number of quaternary nitrogens is 1. The minimum absolute atomic E-state index is 0.0179. The zero-order valence-corrected chi connectivity index (χ0v) is 17.3. The highest BCUT2D eigenvalue weighted by Crippen LogP contribution is 2.33. The maximum atomic E-state index is 12.6. The lowest BCUT2D eigenvalue weighted by molar-refractivity contribution is -0.897. The van der Waals surface area contributed by atoms with E-state index in [-0.39, 0.29) is 17.8 Å². The highest BCUT2D eigenvalue weighted by molar-refractivity contribution is 7.99. The van der Waals surface area contributed by atoms with Gasteiger partial charge in [-0.3, -0.25) is 9.59 Å². The number of halogens is 1. The second-order valence-electron chi connectivity index (χ2n) is 6.82. The monoisotopic (exact) mass is 419 g/mol. The lowest BCUT2D eigenvalue weighted by Crippen LogP contribution is -3.14. The number of methoxy groups -OCH3 is 1. The summed E-state index contributed by atoms with van der Waals surface area (Å²) < 4.78 is 4.82. The maximum Gasteiger partial charge on any atom is 0.309 e. The second kappa shape index (κ2) is 9.96. The number of piperidine rings is 1. The molecule has 0 bridgehead atoms. The third-order valence-electron chi connectivity index (χ3n) is 4.84. The molecule has 0 saturated carbocycles. The molecule has 3 rings (SSSR count). The fraction of sp³-hybridized carbons (Fsp3) is 0.333. The SMILES string of the molecule is COC(=O)C1CC[NH+](CC(=O)Nc2ccccc2Sc2ccc(Cl)cc2)CC1. The summed E-state index contributed by atoms with van der Waals surface area (Å²) in [5.41, 5.74) is 0.802. The number of carbonyl (C=O) groups is 2. The van der Waals surface area contributed by atoms with Crippen LogP contribution in [0.25, 0.3) is 0 Å². The molecule has 0 spiro atoms. The summed E-state index contributed by atoms with van der Waals surface area (Å²) in [6.45, 7) is 2.00. The van der Waals surface area contributed by atoms with Crippen molar-refractivity contribution in [1.82, 2.24) is 0 Å². The average molecular weight is 420 g/mol. The van der Waals surface area contributed by atoms with Gasteiger partial charge in [-0.2, -0.15) is 0 Å². The third-order valence-corrected chi connectivity index (χ3v) is 6.18. The number of amides is 1. The summed E-state index contributed by atoms with van der Waals surface area (Å²) in [6.07, 6.45) is 1.52. The fourth-order valence-electron chi connectivity index (χ4n) is 3.32.